The SMILES string of the molecule is CC=CC(C)C=CC. The molecule has 0 saturated carbocycles. The lowest BCUT2D eigenvalue weighted by Gasteiger charge is -1.92. The van der Waals surface area contributed by atoms with Crippen LogP contribution in [0.3, 0.4) is 0 Å². The summed E-state index contributed by atoms with van der Waals surface area (Å²) < 4.78 is 0. The Morgan fingerprint density at radius 3 is 1.62 bits per heavy atom. The van der Waals surface area contributed by atoms with Crippen molar-refractivity contribution in [2.24, 2.45) is 5.92 Å². The first-order chi connectivity index (χ1) is 3.81. The van der Waals surface area contributed by atoms with Crippen molar-refractivity contribution < 1.29 is 0 Å². The molecule has 8 heavy (non-hydrogen) atoms. The van der Waals surface area contributed by atoms with Gasteiger partial charge in [-0.25, -0.2) is 0 Å². The van der Waals surface area contributed by atoms with Crippen molar-refractivity contribution in [2.45, 2.75) is 20.8 Å². The van der Waals surface area contributed by atoms with Crippen molar-refractivity contribution in [2.75, 3.05) is 0 Å². The molecular formula is C8H14. The molecule has 0 N–H and O–H groups in total. The van der Waals surface area contributed by atoms with Gasteiger partial charge in [-0.15, -0.1) is 0 Å². The third-order valence-corrected chi connectivity index (χ3v) is 0.992. The van der Waals surface area contributed by atoms with Crippen LogP contribution < -0.4 is 0 Å². The molecule has 0 rings (SSSR count). The molecular weight excluding hydrogens is 96.1 g/mol. The Balaban J connectivity index is 3.47. The average Bonchev–Trinajstić information content (AvgIpc) is 1.68. The molecule has 0 aromatic rings. The third kappa shape index (κ3) is 3.66. The molecule has 0 radical (unpaired) electrons. The van der Waals surface area contributed by atoms with Crippen molar-refractivity contribution >= 4 is 0 Å². The van der Waals surface area contributed by atoms with Crippen LogP contribution in [0, 0.1) is 5.92 Å². The summed E-state index contributed by atoms with van der Waals surface area (Å²) in [6.07, 6.45) is 8.48. The first-order valence-corrected chi connectivity index (χ1v) is 3.07. The van der Waals surface area contributed by atoms with Crippen molar-refractivity contribution in [3.63, 3.8) is 0 Å². The van der Waals surface area contributed by atoms with Gasteiger partial charge in [0.25, 0.3) is 0 Å². The van der Waals surface area contributed by atoms with Gasteiger partial charge in [-0.1, -0.05) is 31.2 Å². The van der Waals surface area contributed by atoms with Gasteiger partial charge in [0, 0.05) is 0 Å². The highest BCUT2D eigenvalue weighted by Gasteiger charge is 1.83. The second kappa shape index (κ2) is 4.63. The van der Waals surface area contributed by atoms with Crippen LogP contribution in [0.5, 0.6) is 0 Å². The predicted octanol–water partition coefficient (Wildman–Crippen LogP) is 2.77. The van der Waals surface area contributed by atoms with E-state index in [-0.39, 0.29) is 0 Å². The molecule has 0 nitrogen and oxygen atoms in total. The van der Waals surface area contributed by atoms with E-state index in [4.69, 9.17) is 0 Å². The maximum absolute atomic E-state index is 2.17. The number of hydrogen-bond acceptors (Lipinski definition) is 0. The van der Waals surface area contributed by atoms with Crippen LogP contribution in [-0.4, -0.2) is 0 Å². The summed E-state index contributed by atoms with van der Waals surface area (Å²) in [4.78, 5) is 0. The van der Waals surface area contributed by atoms with E-state index in [1.54, 1.807) is 0 Å². The highest BCUT2D eigenvalue weighted by atomic mass is 13.9. The lowest BCUT2D eigenvalue weighted by Crippen LogP contribution is -1.78. The zero-order chi connectivity index (χ0) is 6.41. The minimum absolute atomic E-state index is 0.602. The van der Waals surface area contributed by atoms with E-state index in [0.717, 1.165) is 0 Å². The van der Waals surface area contributed by atoms with Crippen LogP contribution in [0.1, 0.15) is 20.8 Å². The molecule has 0 aromatic heterocycles. The molecule has 0 aliphatic carbocycles. The number of rotatable bonds is 2. The molecule has 0 fully saturated rings. The van der Waals surface area contributed by atoms with Gasteiger partial charge >= 0.3 is 0 Å². The highest BCUT2D eigenvalue weighted by molar-refractivity contribution is 4.95. The van der Waals surface area contributed by atoms with Crippen LogP contribution in [0.25, 0.3) is 0 Å². The fraction of sp³-hybridized carbons (Fsp3) is 0.500. The molecule has 0 bridgehead atoms. The second-order valence-corrected chi connectivity index (χ2v) is 1.91. The number of hydrogen-bond donors (Lipinski definition) is 0. The van der Waals surface area contributed by atoms with Gasteiger partial charge in [-0.05, 0) is 19.8 Å². The standard InChI is InChI=1S/C8H14/c1-4-6-8(3)7-5-2/h4-8H,1-3H3. The van der Waals surface area contributed by atoms with Gasteiger partial charge in [-0.3, -0.25) is 0 Å². The van der Waals surface area contributed by atoms with Crippen LogP contribution in [0.2, 0.25) is 0 Å². The van der Waals surface area contributed by atoms with Crippen molar-refractivity contribution in [3.05, 3.63) is 24.3 Å². The molecule has 0 aromatic carbocycles. The molecule has 0 heterocycles. The predicted molar refractivity (Wildman–Crippen MR) is 38.8 cm³/mol. The summed E-state index contributed by atoms with van der Waals surface area (Å²) in [5.74, 6) is 0.602. The fourth-order valence-corrected chi connectivity index (χ4v) is 0.671. The fourth-order valence-electron chi connectivity index (χ4n) is 0.671. The Bertz CT molecular complexity index is 76.2. The summed E-state index contributed by atoms with van der Waals surface area (Å²) in [7, 11) is 0. The van der Waals surface area contributed by atoms with E-state index >= 15 is 0 Å². The van der Waals surface area contributed by atoms with Crippen LogP contribution in [-0.2, 0) is 0 Å². The van der Waals surface area contributed by atoms with Gasteiger partial charge in [-0.2, -0.15) is 0 Å². The second-order valence-electron chi connectivity index (χ2n) is 1.91. The van der Waals surface area contributed by atoms with Crippen molar-refractivity contribution in [1.29, 1.82) is 0 Å². The molecule has 0 aliphatic heterocycles. The zero-order valence-corrected chi connectivity index (χ0v) is 5.89. The molecule has 0 unspecified atom stereocenters. The van der Waals surface area contributed by atoms with E-state index in [9.17, 15) is 0 Å². The van der Waals surface area contributed by atoms with Gasteiger partial charge in [0.1, 0.15) is 0 Å². The van der Waals surface area contributed by atoms with Gasteiger partial charge in [0.2, 0.25) is 0 Å². The van der Waals surface area contributed by atoms with Crippen molar-refractivity contribution in [3.8, 4) is 0 Å². The number of allylic oxidation sites excluding steroid dienone is 4. The molecule has 0 spiro atoms. The molecule has 0 aliphatic rings. The largest absolute Gasteiger partial charge is 0.0911 e. The smallest absolute Gasteiger partial charge is 0.00821 e. The maximum atomic E-state index is 2.17. The molecule has 46 valence electrons. The Labute approximate surface area is 51.9 Å². The minimum Gasteiger partial charge on any atom is -0.0911 e. The monoisotopic (exact) mass is 110 g/mol. The first kappa shape index (κ1) is 7.48. The summed E-state index contributed by atoms with van der Waals surface area (Å²) >= 11 is 0. The minimum atomic E-state index is 0.602. The highest BCUT2D eigenvalue weighted by Crippen LogP contribution is 1.97. The van der Waals surface area contributed by atoms with Crippen LogP contribution in [0.15, 0.2) is 24.3 Å². The molecule has 0 atom stereocenters. The van der Waals surface area contributed by atoms with Gasteiger partial charge in [0.15, 0.2) is 0 Å². The summed E-state index contributed by atoms with van der Waals surface area (Å²) in [6, 6.07) is 0. The first-order valence-electron chi connectivity index (χ1n) is 3.07. The molecule has 0 saturated heterocycles. The van der Waals surface area contributed by atoms with Crippen LogP contribution in [0.4, 0.5) is 0 Å². The molecule has 0 heteroatoms. The van der Waals surface area contributed by atoms with E-state index in [1.165, 1.54) is 0 Å². The zero-order valence-electron chi connectivity index (χ0n) is 5.89. The maximum Gasteiger partial charge on any atom is -0.00821 e. The summed E-state index contributed by atoms with van der Waals surface area (Å²) in [5, 5.41) is 0. The van der Waals surface area contributed by atoms with Crippen molar-refractivity contribution in [1.82, 2.24) is 0 Å². The Morgan fingerprint density at radius 2 is 1.38 bits per heavy atom. The quantitative estimate of drug-likeness (QED) is 0.479. The lowest BCUT2D eigenvalue weighted by molar-refractivity contribution is 0.935. The van der Waals surface area contributed by atoms with Gasteiger partial charge < -0.3 is 0 Å². The lowest BCUT2D eigenvalue weighted by atomic mass is 10.1. The Morgan fingerprint density at radius 1 is 1.00 bits per heavy atom. The van der Waals surface area contributed by atoms with E-state index < -0.39 is 0 Å². The third-order valence-electron chi connectivity index (χ3n) is 0.992. The van der Waals surface area contributed by atoms with Gasteiger partial charge in [0.05, 0.1) is 0 Å². The average molecular weight is 110 g/mol. The van der Waals surface area contributed by atoms with E-state index in [0.29, 0.717) is 5.92 Å². The summed E-state index contributed by atoms with van der Waals surface area (Å²) in [5.41, 5.74) is 0. The Kier molecular flexibility index (Phi) is 4.33. The normalized spacial score (nSPS) is 15.9. The van der Waals surface area contributed by atoms with E-state index in [2.05, 4.69) is 31.2 Å². The van der Waals surface area contributed by atoms with Crippen LogP contribution >= 0.6 is 0 Å². The van der Waals surface area contributed by atoms with E-state index in [1.807, 2.05) is 13.8 Å². The Hall–Kier alpha value is -0.520. The molecule has 0 amide bonds. The summed E-state index contributed by atoms with van der Waals surface area (Å²) in [6.45, 7) is 6.25. The topological polar surface area (TPSA) is 0 Å².